The molecular formula is C16H20N4O2. The second-order valence-electron chi connectivity index (χ2n) is 5.11. The van der Waals surface area contributed by atoms with Gasteiger partial charge in [0.05, 0.1) is 0 Å². The van der Waals surface area contributed by atoms with Crippen LogP contribution in [0.4, 0.5) is 11.6 Å². The highest BCUT2D eigenvalue weighted by atomic mass is 16.7. The summed E-state index contributed by atoms with van der Waals surface area (Å²) in [7, 11) is 0. The normalized spacial score (nSPS) is 12.2. The SMILES string of the molecule is CCCCNc1cc(NCc2ccc3c(c2)OCO3)ncn1. The first-order chi connectivity index (χ1) is 10.8. The molecule has 1 aliphatic heterocycles. The molecule has 6 heteroatoms. The van der Waals surface area contributed by atoms with E-state index in [2.05, 4.69) is 27.5 Å². The Morgan fingerprint density at radius 2 is 1.86 bits per heavy atom. The lowest BCUT2D eigenvalue weighted by atomic mass is 10.2. The molecule has 0 saturated heterocycles. The number of ether oxygens (including phenoxy) is 2. The van der Waals surface area contributed by atoms with Crippen LogP contribution in [0.2, 0.25) is 0 Å². The zero-order valence-electron chi connectivity index (χ0n) is 12.6. The van der Waals surface area contributed by atoms with Crippen LogP contribution in [0.25, 0.3) is 0 Å². The van der Waals surface area contributed by atoms with Gasteiger partial charge >= 0.3 is 0 Å². The highest BCUT2D eigenvalue weighted by Gasteiger charge is 2.12. The van der Waals surface area contributed by atoms with Crippen molar-refractivity contribution in [3.8, 4) is 11.5 Å². The van der Waals surface area contributed by atoms with Crippen molar-refractivity contribution >= 4 is 11.6 Å². The number of fused-ring (bicyclic) bond motifs is 1. The third kappa shape index (κ3) is 3.58. The largest absolute Gasteiger partial charge is 0.454 e. The molecule has 1 aliphatic rings. The van der Waals surface area contributed by atoms with Gasteiger partial charge in [-0.1, -0.05) is 19.4 Å². The summed E-state index contributed by atoms with van der Waals surface area (Å²) in [5.41, 5.74) is 1.11. The van der Waals surface area contributed by atoms with Gasteiger partial charge in [-0.25, -0.2) is 9.97 Å². The Morgan fingerprint density at radius 3 is 2.73 bits per heavy atom. The maximum Gasteiger partial charge on any atom is 0.231 e. The Bertz CT molecular complexity index is 633. The number of nitrogens with zero attached hydrogens (tertiary/aromatic N) is 2. The number of aromatic nitrogens is 2. The maximum atomic E-state index is 5.38. The van der Waals surface area contributed by atoms with Crippen molar-refractivity contribution in [2.75, 3.05) is 24.0 Å². The van der Waals surface area contributed by atoms with Crippen molar-refractivity contribution in [3.05, 3.63) is 36.2 Å². The number of rotatable bonds is 7. The fraction of sp³-hybridized carbons (Fsp3) is 0.375. The molecule has 0 bridgehead atoms. The number of anilines is 2. The van der Waals surface area contributed by atoms with Gasteiger partial charge in [0.1, 0.15) is 18.0 Å². The lowest BCUT2D eigenvalue weighted by molar-refractivity contribution is 0.174. The summed E-state index contributed by atoms with van der Waals surface area (Å²) in [5.74, 6) is 3.24. The molecule has 0 fully saturated rings. The Labute approximate surface area is 129 Å². The van der Waals surface area contributed by atoms with Gasteiger partial charge in [-0.05, 0) is 24.1 Å². The number of nitrogens with one attached hydrogen (secondary N) is 2. The number of unbranched alkanes of at least 4 members (excludes halogenated alkanes) is 1. The van der Waals surface area contributed by atoms with E-state index in [0.29, 0.717) is 13.3 Å². The molecule has 22 heavy (non-hydrogen) atoms. The van der Waals surface area contributed by atoms with E-state index in [9.17, 15) is 0 Å². The molecule has 0 atom stereocenters. The first-order valence-electron chi connectivity index (χ1n) is 7.53. The summed E-state index contributed by atoms with van der Waals surface area (Å²) < 4.78 is 10.7. The first kappa shape index (κ1) is 14.4. The lowest BCUT2D eigenvalue weighted by Gasteiger charge is -2.09. The van der Waals surface area contributed by atoms with Gasteiger partial charge in [-0.3, -0.25) is 0 Å². The molecule has 3 rings (SSSR count). The quantitative estimate of drug-likeness (QED) is 0.766. The van der Waals surface area contributed by atoms with E-state index in [0.717, 1.165) is 48.1 Å². The van der Waals surface area contributed by atoms with Crippen LogP contribution in [-0.4, -0.2) is 23.3 Å². The van der Waals surface area contributed by atoms with Crippen molar-refractivity contribution in [2.45, 2.75) is 26.3 Å². The topological polar surface area (TPSA) is 68.3 Å². The molecule has 116 valence electrons. The van der Waals surface area contributed by atoms with Crippen LogP contribution < -0.4 is 20.1 Å². The summed E-state index contributed by atoms with van der Waals surface area (Å²) in [5, 5.41) is 6.59. The van der Waals surface area contributed by atoms with Crippen LogP contribution in [0.5, 0.6) is 11.5 Å². The summed E-state index contributed by atoms with van der Waals surface area (Å²) in [6.07, 6.45) is 3.85. The van der Waals surface area contributed by atoms with E-state index in [1.807, 2.05) is 24.3 Å². The molecule has 0 spiro atoms. The summed E-state index contributed by atoms with van der Waals surface area (Å²) in [6.45, 7) is 4.06. The predicted octanol–water partition coefficient (Wildman–Crippen LogP) is 3.03. The minimum atomic E-state index is 0.297. The maximum absolute atomic E-state index is 5.38. The smallest absolute Gasteiger partial charge is 0.231 e. The standard InChI is InChI=1S/C16H20N4O2/c1-2-3-6-17-15-8-16(20-10-19-15)18-9-12-4-5-13-14(7-12)22-11-21-13/h4-5,7-8,10H,2-3,6,9,11H2,1H3,(H2,17,18,19,20). The molecule has 0 amide bonds. The van der Waals surface area contributed by atoms with Crippen molar-refractivity contribution in [2.24, 2.45) is 0 Å². The van der Waals surface area contributed by atoms with Crippen LogP contribution in [-0.2, 0) is 6.54 Å². The van der Waals surface area contributed by atoms with Crippen LogP contribution in [0.3, 0.4) is 0 Å². The zero-order chi connectivity index (χ0) is 15.2. The number of benzene rings is 1. The Balaban J connectivity index is 1.58. The summed E-state index contributed by atoms with van der Waals surface area (Å²) in [6, 6.07) is 7.85. The van der Waals surface area contributed by atoms with Gasteiger partial charge in [0.25, 0.3) is 0 Å². The predicted molar refractivity (Wildman–Crippen MR) is 85.3 cm³/mol. The molecule has 0 aliphatic carbocycles. The molecule has 2 N–H and O–H groups in total. The third-order valence-electron chi connectivity index (χ3n) is 3.41. The Kier molecular flexibility index (Phi) is 4.58. The molecule has 0 saturated carbocycles. The molecule has 6 nitrogen and oxygen atoms in total. The fourth-order valence-corrected chi connectivity index (χ4v) is 2.19. The van der Waals surface area contributed by atoms with Gasteiger partial charge < -0.3 is 20.1 Å². The fourth-order valence-electron chi connectivity index (χ4n) is 2.19. The van der Waals surface area contributed by atoms with Gasteiger partial charge in [-0.2, -0.15) is 0 Å². The molecule has 2 heterocycles. The van der Waals surface area contributed by atoms with Gasteiger partial charge in [0.15, 0.2) is 11.5 Å². The van der Waals surface area contributed by atoms with Gasteiger partial charge in [0.2, 0.25) is 6.79 Å². The van der Waals surface area contributed by atoms with E-state index in [1.165, 1.54) is 0 Å². The van der Waals surface area contributed by atoms with Crippen LogP contribution in [0.1, 0.15) is 25.3 Å². The summed E-state index contributed by atoms with van der Waals surface area (Å²) in [4.78, 5) is 8.45. The highest BCUT2D eigenvalue weighted by molar-refractivity contribution is 5.48. The summed E-state index contributed by atoms with van der Waals surface area (Å²) >= 11 is 0. The molecule has 2 aromatic rings. The van der Waals surface area contributed by atoms with Crippen molar-refractivity contribution in [1.82, 2.24) is 9.97 Å². The monoisotopic (exact) mass is 300 g/mol. The lowest BCUT2D eigenvalue weighted by Crippen LogP contribution is -2.06. The molecule has 1 aromatic heterocycles. The average Bonchev–Trinajstić information content (AvgIpc) is 3.01. The minimum absolute atomic E-state index is 0.297. The number of hydrogen-bond donors (Lipinski definition) is 2. The average molecular weight is 300 g/mol. The van der Waals surface area contributed by atoms with E-state index in [1.54, 1.807) is 6.33 Å². The highest BCUT2D eigenvalue weighted by Crippen LogP contribution is 2.32. The molecule has 0 radical (unpaired) electrons. The zero-order valence-corrected chi connectivity index (χ0v) is 12.6. The second-order valence-corrected chi connectivity index (χ2v) is 5.11. The third-order valence-corrected chi connectivity index (χ3v) is 3.41. The second kappa shape index (κ2) is 6.98. The molecule has 0 unspecified atom stereocenters. The minimum Gasteiger partial charge on any atom is -0.454 e. The van der Waals surface area contributed by atoms with Crippen molar-refractivity contribution in [3.63, 3.8) is 0 Å². The van der Waals surface area contributed by atoms with E-state index in [-0.39, 0.29) is 0 Å². The Hall–Kier alpha value is -2.50. The van der Waals surface area contributed by atoms with Gasteiger partial charge in [0, 0.05) is 19.2 Å². The number of hydrogen-bond acceptors (Lipinski definition) is 6. The first-order valence-corrected chi connectivity index (χ1v) is 7.53. The van der Waals surface area contributed by atoms with Crippen molar-refractivity contribution < 1.29 is 9.47 Å². The molecular weight excluding hydrogens is 280 g/mol. The van der Waals surface area contributed by atoms with Crippen molar-refractivity contribution in [1.29, 1.82) is 0 Å². The van der Waals surface area contributed by atoms with Crippen LogP contribution >= 0.6 is 0 Å². The van der Waals surface area contributed by atoms with E-state index in [4.69, 9.17) is 9.47 Å². The van der Waals surface area contributed by atoms with E-state index < -0.39 is 0 Å². The van der Waals surface area contributed by atoms with Crippen LogP contribution in [0, 0.1) is 0 Å². The van der Waals surface area contributed by atoms with Gasteiger partial charge in [-0.15, -0.1) is 0 Å². The molecule has 1 aromatic carbocycles. The van der Waals surface area contributed by atoms with E-state index >= 15 is 0 Å². The van der Waals surface area contributed by atoms with Crippen LogP contribution in [0.15, 0.2) is 30.6 Å². The Morgan fingerprint density at radius 1 is 1.05 bits per heavy atom.